The second-order valence-electron chi connectivity index (χ2n) is 5.88. The number of anilines is 1. The highest BCUT2D eigenvalue weighted by atomic mass is 32.2. The molecule has 27 heavy (non-hydrogen) atoms. The maximum atomic E-state index is 13.4. The first-order valence-corrected chi connectivity index (χ1v) is 9.41. The van der Waals surface area contributed by atoms with Gasteiger partial charge in [0.15, 0.2) is 5.69 Å². The molecule has 0 bridgehead atoms. The van der Waals surface area contributed by atoms with Crippen molar-refractivity contribution in [1.29, 1.82) is 0 Å². The predicted molar refractivity (Wildman–Crippen MR) is 100.0 cm³/mol. The molecule has 8 heteroatoms. The van der Waals surface area contributed by atoms with E-state index >= 15 is 0 Å². The number of aromatic nitrogens is 3. The van der Waals surface area contributed by atoms with Crippen LogP contribution in [0.4, 0.5) is 10.1 Å². The Hall–Kier alpha value is -3.00. The minimum Gasteiger partial charge on any atom is -0.447 e. The van der Waals surface area contributed by atoms with E-state index < -0.39 is 6.23 Å². The molecule has 0 saturated carbocycles. The van der Waals surface area contributed by atoms with Gasteiger partial charge in [0.05, 0.1) is 5.69 Å². The fourth-order valence-corrected chi connectivity index (χ4v) is 3.28. The van der Waals surface area contributed by atoms with Crippen molar-refractivity contribution in [2.75, 3.05) is 11.2 Å². The maximum absolute atomic E-state index is 13.4. The number of fused-ring (bicyclic) bond motifs is 3. The minimum atomic E-state index is -0.808. The van der Waals surface area contributed by atoms with Gasteiger partial charge in [0.1, 0.15) is 5.82 Å². The van der Waals surface area contributed by atoms with Gasteiger partial charge in [-0.1, -0.05) is 42.1 Å². The van der Waals surface area contributed by atoms with Gasteiger partial charge in [-0.15, -0.1) is 10.2 Å². The quantitative estimate of drug-likeness (QED) is 0.627. The predicted octanol–water partition coefficient (Wildman–Crippen LogP) is 3.84. The number of hydrogen-bond donors (Lipinski definition) is 0. The zero-order valence-electron chi connectivity index (χ0n) is 14.6. The first-order valence-electron chi connectivity index (χ1n) is 8.18. The Kier molecular flexibility index (Phi) is 4.49. The van der Waals surface area contributed by atoms with E-state index in [2.05, 4.69) is 15.2 Å². The second-order valence-corrected chi connectivity index (χ2v) is 6.65. The molecule has 0 aliphatic carbocycles. The number of ether oxygens (including phenoxy) is 1. The van der Waals surface area contributed by atoms with Crippen LogP contribution >= 0.6 is 11.8 Å². The highest BCUT2D eigenvalue weighted by Crippen LogP contribution is 2.43. The zero-order valence-corrected chi connectivity index (χ0v) is 15.4. The van der Waals surface area contributed by atoms with Crippen molar-refractivity contribution in [3.05, 3.63) is 59.9 Å². The monoisotopic (exact) mass is 382 g/mol. The molecule has 1 amide bonds. The van der Waals surface area contributed by atoms with Crippen LogP contribution in [0.25, 0.3) is 11.3 Å². The van der Waals surface area contributed by atoms with E-state index in [9.17, 15) is 9.18 Å². The Bertz CT molecular complexity index is 1010. The van der Waals surface area contributed by atoms with Crippen LogP contribution in [-0.2, 0) is 4.79 Å². The molecule has 0 unspecified atom stereocenters. The summed E-state index contributed by atoms with van der Waals surface area (Å²) in [6.07, 6.45) is 1.03. The first-order chi connectivity index (χ1) is 13.1. The highest BCUT2D eigenvalue weighted by Gasteiger charge is 2.34. The van der Waals surface area contributed by atoms with Gasteiger partial charge in [-0.05, 0) is 24.5 Å². The molecule has 136 valence electrons. The molecule has 4 rings (SSSR count). The Morgan fingerprint density at radius 1 is 1.15 bits per heavy atom. The summed E-state index contributed by atoms with van der Waals surface area (Å²) in [6.45, 7) is 1.46. The summed E-state index contributed by atoms with van der Waals surface area (Å²) < 4.78 is 19.5. The third kappa shape index (κ3) is 3.12. The number of halogens is 1. The number of para-hydroxylation sites is 1. The summed E-state index contributed by atoms with van der Waals surface area (Å²) in [7, 11) is 0. The molecule has 0 spiro atoms. The SMILES string of the molecule is CSc1nnc2c(n1)O[C@@H](c1ccc(F)cc1)N(C(C)=O)c1ccccc1-2. The third-order valence-electron chi connectivity index (χ3n) is 4.19. The molecule has 2 aromatic carbocycles. The minimum absolute atomic E-state index is 0.220. The summed E-state index contributed by atoms with van der Waals surface area (Å²) in [5, 5.41) is 8.83. The molecule has 0 radical (unpaired) electrons. The molecule has 2 heterocycles. The van der Waals surface area contributed by atoms with E-state index in [4.69, 9.17) is 4.74 Å². The van der Waals surface area contributed by atoms with Gasteiger partial charge in [-0.2, -0.15) is 4.98 Å². The molecule has 1 atom stereocenters. The summed E-state index contributed by atoms with van der Waals surface area (Å²) in [5.41, 5.74) is 2.41. The van der Waals surface area contributed by atoms with Gasteiger partial charge in [0.2, 0.25) is 23.2 Å². The number of hydrogen-bond acceptors (Lipinski definition) is 6. The van der Waals surface area contributed by atoms with Gasteiger partial charge < -0.3 is 4.74 Å². The van der Waals surface area contributed by atoms with Crippen LogP contribution < -0.4 is 9.64 Å². The van der Waals surface area contributed by atoms with E-state index in [1.165, 1.54) is 35.7 Å². The lowest BCUT2D eigenvalue weighted by Gasteiger charge is -2.29. The molecule has 0 fully saturated rings. The van der Waals surface area contributed by atoms with Gasteiger partial charge in [-0.3, -0.25) is 9.69 Å². The normalized spacial score (nSPS) is 15.4. The van der Waals surface area contributed by atoms with Crippen LogP contribution in [0, 0.1) is 5.82 Å². The van der Waals surface area contributed by atoms with Gasteiger partial charge >= 0.3 is 0 Å². The number of thioether (sulfide) groups is 1. The number of rotatable bonds is 2. The number of carbonyl (C=O) groups is 1. The van der Waals surface area contributed by atoms with Gasteiger partial charge in [0.25, 0.3) is 0 Å². The lowest BCUT2D eigenvalue weighted by molar-refractivity contribution is -0.118. The van der Waals surface area contributed by atoms with E-state index in [1.807, 2.05) is 30.5 Å². The Morgan fingerprint density at radius 2 is 1.89 bits per heavy atom. The number of carbonyl (C=O) groups excluding carboxylic acids is 1. The number of benzene rings is 2. The summed E-state index contributed by atoms with van der Waals surface area (Å²) in [6, 6.07) is 13.2. The Balaban J connectivity index is 1.96. The van der Waals surface area contributed by atoms with Gasteiger partial charge in [-0.25, -0.2) is 4.39 Å². The molecule has 3 aromatic rings. The van der Waals surface area contributed by atoms with Crippen molar-refractivity contribution in [2.45, 2.75) is 18.3 Å². The fourth-order valence-electron chi connectivity index (χ4n) is 2.98. The maximum Gasteiger partial charge on any atom is 0.247 e. The third-order valence-corrected chi connectivity index (χ3v) is 4.73. The lowest BCUT2D eigenvalue weighted by atomic mass is 10.1. The molecule has 1 aromatic heterocycles. The molecule has 6 nitrogen and oxygen atoms in total. The van der Waals surface area contributed by atoms with Gasteiger partial charge in [0, 0.05) is 18.1 Å². The molecule has 0 N–H and O–H groups in total. The van der Waals surface area contributed by atoms with Crippen LogP contribution in [0.1, 0.15) is 18.7 Å². The van der Waals surface area contributed by atoms with E-state index in [0.717, 1.165) is 0 Å². The van der Waals surface area contributed by atoms with Crippen molar-refractivity contribution in [2.24, 2.45) is 0 Å². The van der Waals surface area contributed by atoms with E-state index in [-0.39, 0.29) is 17.6 Å². The average molecular weight is 382 g/mol. The Labute approximate surface area is 159 Å². The number of amides is 1. The molecular formula is C19H15FN4O2S. The van der Waals surface area contributed by atoms with Crippen LogP contribution in [0.15, 0.2) is 53.7 Å². The highest BCUT2D eigenvalue weighted by molar-refractivity contribution is 7.98. The van der Waals surface area contributed by atoms with Crippen molar-refractivity contribution >= 4 is 23.4 Å². The largest absolute Gasteiger partial charge is 0.447 e. The van der Waals surface area contributed by atoms with Crippen molar-refractivity contribution in [1.82, 2.24) is 15.2 Å². The molecule has 0 saturated heterocycles. The molecular weight excluding hydrogens is 367 g/mol. The van der Waals surface area contributed by atoms with Crippen molar-refractivity contribution < 1.29 is 13.9 Å². The van der Waals surface area contributed by atoms with Crippen LogP contribution in [0.2, 0.25) is 0 Å². The van der Waals surface area contributed by atoms with Crippen LogP contribution in [0.3, 0.4) is 0 Å². The van der Waals surface area contributed by atoms with Crippen LogP contribution in [-0.4, -0.2) is 27.3 Å². The molecule has 1 aliphatic heterocycles. The fraction of sp³-hybridized carbons (Fsp3) is 0.158. The smallest absolute Gasteiger partial charge is 0.247 e. The second kappa shape index (κ2) is 6.96. The van der Waals surface area contributed by atoms with Crippen molar-refractivity contribution in [3.63, 3.8) is 0 Å². The zero-order chi connectivity index (χ0) is 19.0. The lowest BCUT2D eigenvalue weighted by Crippen LogP contribution is -2.36. The van der Waals surface area contributed by atoms with Crippen LogP contribution in [0.5, 0.6) is 5.88 Å². The summed E-state index contributed by atoms with van der Waals surface area (Å²) >= 11 is 1.34. The topological polar surface area (TPSA) is 68.2 Å². The molecule has 1 aliphatic rings. The average Bonchev–Trinajstić information content (AvgIpc) is 2.82. The van der Waals surface area contributed by atoms with E-state index in [0.29, 0.717) is 27.7 Å². The van der Waals surface area contributed by atoms with E-state index in [1.54, 1.807) is 12.1 Å². The summed E-state index contributed by atoms with van der Waals surface area (Å²) in [4.78, 5) is 18.5. The number of nitrogens with zero attached hydrogens (tertiary/aromatic N) is 4. The standard InChI is InChI=1S/C19H15FN4O2S/c1-11(25)24-15-6-4-3-5-14(15)16-17(21-19(27-2)23-22-16)26-18(24)12-7-9-13(20)10-8-12/h3-10,18H,1-2H3/t18-/m0/s1. The first kappa shape index (κ1) is 17.4. The summed E-state index contributed by atoms with van der Waals surface area (Å²) in [5.74, 6) is -0.307. The Morgan fingerprint density at radius 3 is 2.59 bits per heavy atom. The van der Waals surface area contributed by atoms with Crippen molar-refractivity contribution in [3.8, 4) is 17.1 Å².